The van der Waals surface area contributed by atoms with E-state index < -0.39 is 30.1 Å². The second kappa shape index (κ2) is 7.57. The van der Waals surface area contributed by atoms with Gasteiger partial charge in [0.25, 0.3) is 5.91 Å². The first-order chi connectivity index (χ1) is 13.0. The van der Waals surface area contributed by atoms with Gasteiger partial charge in [0.05, 0.1) is 17.9 Å². The molecule has 0 bridgehead atoms. The maximum Gasteiger partial charge on any atom is 0.400 e. The number of halogens is 3. The topological polar surface area (TPSA) is 112 Å². The smallest absolute Gasteiger partial charge is 0.344 e. The van der Waals surface area contributed by atoms with Gasteiger partial charge in [0.15, 0.2) is 0 Å². The van der Waals surface area contributed by atoms with Gasteiger partial charge in [-0.25, -0.2) is 0 Å². The van der Waals surface area contributed by atoms with E-state index in [2.05, 4.69) is 31.2 Å². The molecule has 0 aliphatic rings. The summed E-state index contributed by atoms with van der Waals surface area (Å²) in [5, 5.41) is 2.99. The second-order valence-electron chi connectivity index (χ2n) is 5.87. The number of hydrogen-bond donors (Lipinski definition) is 3. The van der Waals surface area contributed by atoms with Crippen molar-refractivity contribution in [3.63, 3.8) is 0 Å². The molecule has 3 N–H and O–H groups in total. The van der Waals surface area contributed by atoms with E-state index in [-0.39, 0.29) is 15.4 Å². The zero-order chi connectivity index (χ0) is 20.7. The average Bonchev–Trinajstić information content (AvgIpc) is 2.98. The van der Waals surface area contributed by atoms with Gasteiger partial charge in [0, 0.05) is 32.5 Å². The van der Waals surface area contributed by atoms with Crippen LogP contribution in [0.25, 0.3) is 10.1 Å². The maximum absolute atomic E-state index is 14.1. The van der Waals surface area contributed by atoms with E-state index in [9.17, 15) is 18.1 Å². The lowest BCUT2D eigenvalue weighted by Gasteiger charge is -2.16. The van der Waals surface area contributed by atoms with Gasteiger partial charge in [0.1, 0.15) is 4.88 Å². The molecule has 1 unspecified atom stereocenters. The van der Waals surface area contributed by atoms with Crippen molar-refractivity contribution in [2.45, 2.75) is 18.6 Å². The molecule has 12 heteroatoms. The molecule has 0 aliphatic carbocycles. The molecule has 148 valence electrons. The maximum atomic E-state index is 14.1. The Labute approximate surface area is 170 Å². The van der Waals surface area contributed by atoms with Crippen LogP contribution in [0.15, 0.2) is 41.3 Å². The van der Waals surface area contributed by atoms with E-state index in [0.29, 0.717) is 21.7 Å². The van der Waals surface area contributed by atoms with Crippen molar-refractivity contribution >= 4 is 50.9 Å². The molecule has 3 aromatic rings. The Hall–Kier alpha value is -1.78. The van der Waals surface area contributed by atoms with Crippen molar-refractivity contribution < 1.29 is 27.9 Å². The molecule has 2 aromatic heterocycles. The van der Waals surface area contributed by atoms with Gasteiger partial charge in [-0.15, -0.1) is 11.3 Å². The van der Waals surface area contributed by atoms with Crippen LogP contribution in [0.2, 0.25) is 0 Å². The first kappa shape index (κ1) is 20.9. The van der Waals surface area contributed by atoms with Gasteiger partial charge in [-0.2, -0.15) is 8.78 Å². The van der Waals surface area contributed by atoms with Gasteiger partial charge in [0.2, 0.25) is 0 Å². The highest BCUT2D eigenvalue weighted by Crippen LogP contribution is 2.62. The molecule has 28 heavy (non-hydrogen) atoms. The van der Waals surface area contributed by atoms with E-state index in [1.165, 1.54) is 36.8 Å². The van der Waals surface area contributed by atoms with Crippen LogP contribution < -0.4 is 5.32 Å². The molecule has 1 aromatic carbocycles. The number of alkyl halides is 2. The van der Waals surface area contributed by atoms with Crippen LogP contribution in [0, 0.1) is 0 Å². The first-order valence-corrected chi connectivity index (χ1v) is 11.0. The predicted octanol–water partition coefficient (Wildman–Crippen LogP) is 4.17. The number of nitrogens with one attached hydrogen (secondary N) is 1. The van der Waals surface area contributed by atoms with Gasteiger partial charge >= 0.3 is 13.3 Å². The summed E-state index contributed by atoms with van der Waals surface area (Å²) in [6.45, 7) is 1.72. The standard InChI is InChI=1S/C16H13BrF2N3O4PS/c1-8(11-7-20-4-5-21-11)22-15(23)9-2-3-12-10(6-9)13(17)14(28-12)16(18,19)27(24,25)26/h2-8H,1H3,(H,22,23)(H2,24,25,26). The number of thiophene rings is 1. The van der Waals surface area contributed by atoms with Crippen molar-refractivity contribution in [2.24, 2.45) is 0 Å². The largest absolute Gasteiger partial charge is 0.400 e. The average molecular weight is 492 g/mol. The third kappa shape index (κ3) is 3.85. The van der Waals surface area contributed by atoms with E-state index in [0.717, 1.165) is 0 Å². The molecule has 7 nitrogen and oxygen atoms in total. The number of hydrogen-bond acceptors (Lipinski definition) is 5. The van der Waals surface area contributed by atoms with Gasteiger partial charge in [-0.05, 0) is 41.1 Å². The summed E-state index contributed by atoms with van der Waals surface area (Å²) in [5.74, 6) is -0.457. The number of carbonyl (C=O) groups is 1. The van der Waals surface area contributed by atoms with Crippen molar-refractivity contribution in [3.05, 3.63) is 57.4 Å². The van der Waals surface area contributed by atoms with Gasteiger partial charge in [-0.1, -0.05) is 0 Å². The highest BCUT2D eigenvalue weighted by Gasteiger charge is 2.53. The number of aromatic nitrogens is 2. The molecular weight excluding hydrogens is 479 g/mol. The Morgan fingerprint density at radius 3 is 2.68 bits per heavy atom. The number of nitrogens with zero attached hydrogens (tertiary/aromatic N) is 2. The summed E-state index contributed by atoms with van der Waals surface area (Å²) >= 11 is 3.54. The van der Waals surface area contributed by atoms with E-state index in [4.69, 9.17) is 9.79 Å². The molecule has 0 fully saturated rings. The number of carbonyl (C=O) groups excluding carboxylic acids is 1. The van der Waals surface area contributed by atoms with Gasteiger partial charge < -0.3 is 15.1 Å². The Morgan fingerprint density at radius 2 is 2.07 bits per heavy atom. The molecule has 2 heterocycles. The lowest BCUT2D eigenvalue weighted by Crippen LogP contribution is -2.27. The molecule has 1 atom stereocenters. The third-order valence-corrected chi connectivity index (χ3v) is 7.34. The van der Waals surface area contributed by atoms with Crippen LogP contribution in [0.1, 0.15) is 33.9 Å². The van der Waals surface area contributed by atoms with Crippen LogP contribution >= 0.6 is 34.9 Å². The SMILES string of the molecule is CC(NC(=O)c1ccc2sc(C(F)(F)P(=O)(O)O)c(Br)c2c1)c1cnccn1. The first-order valence-electron chi connectivity index (χ1n) is 7.75. The number of amides is 1. The zero-order valence-corrected chi connectivity index (χ0v) is 17.4. The monoisotopic (exact) mass is 491 g/mol. The molecule has 0 saturated heterocycles. The van der Waals surface area contributed by atoms with Crippen LogP contribution in [-0.2, 0) is 10.2 Å². The van der Waals surface area contributed by atoms with Crippen LogP contribution in [0.5, 0.6) is 0 Å². The Bertz CT molecular complexity index is 1090. The molecule has 0 spiro atoms. The molecule has 0 radical (unpaired) electrons. The molecular formula is C16H13BrF2N3O4PS. The Morgan fingerprint density at radius 1 is 1.36 bits per heavy atom. The number of fused-ring (bicyclic) bond motifs is 1. The van der Waals surface area contributed by atoms with Crippen LogP contribution in [0.3, 0.4) is 0 Å². The molecule has 0 saturated carbocycles. The lowest BCUT2D eigenvalue weighted by atomic mass is 10.1. The fraction of sp³-hybridized carbons (Fsp3) is 0.188. The summed E-state index contributed by atoms with van der Waals surface area (Å²) < 4.78 is 39.6. The number of benzene rings is 1. The minimum absolute atomic E-state index is 0.155. The number of rotatable bonds is 5. The second-order valence-corrected chi connectivity index (χ2v) is 9.36. The Kier molecular flexibility index (Phi) is 5.66. The third-order valence-electron chi connectivity index (χ3n) is 3.90. The zero-order valence-electron chi connectivity index (χ0n) is 14.1. The van der Waals surface area contributed by atoms with Crippen molar-refractivity contribution in [2.75, 3.05) is 0 Å². The van der Waals surface area contributed by atoms with Gasteiger partial charge in [-0.3, -0.25) is 19.3 Å². The minimum Gasteiger partial charge on any atom is -0.344 e. The van der Waals surface area contributed by atoms with Crippen LogP contribution in [0.4, 0.5) is 8.78 Å². The molecule has 1 amide bonds. The van der Waals surface area contributed by atoms with Crippen LogP contribution in [-0.4, -0.2) is 25.7 Å². The summed E-state index contributed by atoms with van der Waals surface area (Å²) in [4.78, 5) is 37.7. The van der Waals surface area contributed by atoms with E-state index in [1.807, 2.05) is 0 Å². The quantitative estimate of drug-likeness (QED) is 0.461. The van der Waals surface area contributed by atoms with E-state index >= 15 is 0 Å². The highest BCUT2D eigenvalue weighted by atomic mass is 79.9. The van der Waals surface area contributed by atoms with E-state index in [1.54, 1.807) is 6.92 Å². The van der Waals surface area contributed by atoms with Crippen molar-refractivity contribution in [3.8, 4) is 0 Å². The molecule has 3 rings (SSSR count). The lowest BCUT2D eigenvalue weighted by molar-refractivity contribution is 0.0595. The molecule has 0 aliphatic heterocycles. The van der Waals surface area contributed by atoms with Crippen molar-refractivity contribution in [1.29, 1.82) is 0 Å². The highest BCUT2D eigenvalue weighted by molar-refractivity contribution is 9.10. The Balaban J connectivity index is 1.93. The van der Waals surface area contributed by atoms with Crippen molar-refractivity contribution in [1.82, 2.24) is 15.3 Å². The summed E-state index contributed by atoms with van der Waals surface area (Å²) in [5.41, 5.74) is -3.58. The minimum atomic E-state index is -5.70. The fourth-order valence-corrected chi connectivity index (χ4v) is 5.35. The predicted molar refractivity (Wildman–Crippen MR) is 103 cm³/mol. The summed E-state index contributed by atoms with van der Waals surface area (Å²) in [7, 11) is -5.70. The summed E-state index contributed by atoms with van der Waals surface area (Å²) in [6.07, 6.45) is 4.51. The normalized spacial score (nSPS) is 13.5. The summed E-state index contributed by atoms with van der Waals surface area (Å²) in [6, 6.07) is 3.85. The fourth-order valence-electron chi connectivity index (χ4n) is 2.42.